The largest absolute Gasteiger partial charge is 0.378 e. The third-order valence-corrected chi connectivity index (χ3v) is 5.68. The second-order valence-electron chi connectivity index (χ2n) is 7.96. The zero-order valence-corrected chi connectivity index (χ0v) is 21.2. The summed E-state index contributed by atoms with van der Waals surface area (Å²) in [7, 11) is 1.81. The molecular formula is C25H37IN4O. The Kier molecular flexibility index (Phi) is 11.9. The Bertz CT molecular complexity index is 776. The molecule has 2 N–H and O–H groups in total. The van der Waals surface area contributed by atoms with Gasteiger partial charge < -0.3 is 15.4 Å². The van der Waals surface area contributed by atoms with Gasteiger partial charge >= 0.3 is 0 Å². The van der Waals surface area contributed by atoms with Gasteiger partial charge in [-0.3, -0.25) is 9.89 Å². The molecule has 0 amide bonds. The number of likely N-dealkylation sites (tertiary alicyclic amines) is 1. The van der Waals surface area contributed by atoms with E-state index in [-0.39, 0.29) is 24.0 Å². The Hall–Kier alpha value is -1.64. The van der Waals surface area contributed by atoms with E-state index in [1.54, 1.807) is 0 Å². The average Bonchev–Trinajstić information content (AvgIpc) is 2.78. The van der Waals surface area contributed by atoms with Gasteiger partial charge in [-0.1, -0.05) is 54.6 Å². The van der Waals surface area contributed by atoms with E-state index >= 15 is 0 Å². The Morgan fingerprint density at radius 3 is 2.45 bits per heavy atom. The highest BCUT2D eigenvalue weighted by Crippen LogP contribution is 2.16. The topological polar surface area (TPSA) is 48.9 Å². The van der Waals surface area contributed by atoms with Crippen molar-refractivity contribution in [2.45, 2.75) is 45.4 Å². The molecule has 0 radical (unpaired) electrons. The molecule has 1 heterocycles. The van der Waals surface area contributed by atoms with Crippen LogP contribution in [0, 0.1) is 6.92 Å². The van der Waals surface area contributed by atoms with Crippen LogP contribution in [0.15, 0.2) is 59.6 Å². The zero-order valence-electron chi connectivity index (χ0n) is 18.8. The maximum absolute atomic E-state index is 6.12. The molecule has 2 aromatic rings. The van der Waals surface area contributed by atoms with Crippen molar-refractivity contribution in [3.63, 3.8) is 0 Å². The predicted octanol–water partition coefficient (Wildman–Crippen LogP) is 4.35. The second-order valence-corrected chi connectivity index (χ2v) is 7.96. The third kappa shape index (κ3) is 9.17. The normalized spacial score (nSPS) is 15.4. The molecule has 1 saturated heterocycles. The van der Waals surface area contributed by atoms with Crippen LogP contribution >= 0.6 is 24.0 Å². The second kappa shape index (κ2) is 14.4. The highest BCUT2D eigenvalue weighted by molar-refractivity contribution is 14.0. The number of piperidine rings is 1. The van der Waals surface area contributed by atoms with Crippen LogP contribution in [0.4, 0.5) is 0 Å². The van der Waals surface area contributed by atoms with Gasteiger partial charge in [0.2, 0.25) is 0 Å². The van der Waals surface area contributed by atoms with Gasteiger partial charge in [-0.2, -0.15) is 0 Å². The maximum atomic E-state index is 6.12. The predicted molar refractivity (Wildman–Crippen MR) is 140 cm³/mol. The molecule has 2 aromatic carbocycles. The van der Waals surface area contributed by atoms with E-state index in [0.29, 0.717) is 6.10 Å². The maximum Gasteiger partial charge on any atom is 0.191 e. The summed E-state index contributed by atoms with van der Waals surface area (Å²) in [4.78, 5) is 6.84. The number of nitrogens with one attached hydrogen (secondary N) is 2. The van der Waals surface area contributed by atoms with Crippen molar-refractivity contribution in [1.29, 1.82) is 0 Å². The quantitative estimate of drug-likeness (QED) is 0.217. The van der Waals surface area contributed by atoms with Crippen LogP contribution in [0.2, 0.25) is 0 Å². The Morgan fingerprint density at radius 2 is 1.74 bits per heavy atom. The highest BCUT2D eigenvalue weighted by atomic mass is 127. The van der Waals surface area contributed by atoms with E-state index in [4.69, 9.17) is 4.74 Å². The van der Waals surface area contributed by atoms with Crippen LogP contribution in [-0.2, 0) is 17.8 Å². The van der Waals surface area contributed by atoms with Crippen molar-refractivity contribution in [3.8, 4) is 0 Å². The first kappa shape index (κ1) is 25.6. The minimum atomic E-state index is 0. The van der Waals surface area contributed by atoms with Gasteiger partial charge in [-0.05, 0) is 42.9 Å². The number of benzene rings is 2. The number of rotatable bonds is 9. The number of hydrogen-bond donors (Lipinski definition) is 2. The molecule has 3 rings (SSSR count). The van der Waals surface area contributed by atoms with Crippen molar-refractivity contribution in [2.24, 2.45) is 4.99 Å². The highest BCUT2D eigenvalue weighted by Gasteiger charge is 2.19. The summed E-state index contributed by atoms with van der Waals surface area (Å²) < 4.78 is 6.12. The van der Waals surface area contributed by atoms with Crippen LogP contribution in [0.1, 0.15) is 36.0 Å². The minimum Gasteiger partial charge on any atom is -0.378 e. The van der Waals surface area contributed by atoms with Gasteiger partial charge in [0.05, 0.1) is 6.10 Å². The smallest absolute Gasteiger partial charge is 0.191 e. The summed E-state index contributed by atoms with van der Waals surface area (Å²) in [6, 6.07) is 19.2. The lowest BCUT2D eigenvalue weighted by molar-refractivity contribution is 0.00534. The van der Waals surface area contributed by atoms with Gasteiger partial charge in [-0.25, -0.2) is 0 Å². The van der Waals surface area contributed by atoms with Gasteiger partial charge in [0.1, 0.15) is 0 Å². The molecule has 0 aromatic heterocycles. The van der Waals surface area contributed by atoms with E-state index in [2.05, 4.69) is 82.0 Å². The molecule has 1 fully saturated rings. The molecule has 6 heteroatoms. The van der Waals surface area contributed by atoms with E-state index in [1.165, 1.54) is 16.7 Å². The van der Waals surface area contributed by atoms with Crippen LogP contribution in [0.25, 0.3) is 0 Å². The first-order valence-corrected chi connectivity index (χ1v) is 11.1. The minimum absolute atomic E-state index is 0. The number of halogens is 1. The lowest BCUT2D eigenvalue weighted by atomic mass is 10.1. The standard InChI is InChI=1S/C25H36N4O.HI/c1-21-9-6-7-12-23(21)19-28-25(26-2)27-15-8-18-30-24-13-16-29(17-14-24)20-22-10-4-3-5-11-22;/h3-7,9-12,24H,8,13-20H2,1-2H3,(H2,26,27,28);1H. The summed E-state index contributed by atoms with van der Waals surface area (Å²) in [5.41, 5.74) is 3.98. The number of ether oxygens (including phenoxy) is 1. The molecule has 0 atom stereocenters. The van der Waals surface area contributed by atoms with E-state index in [1.807, 2.05) is 7.05 Å². The first-order chi connectivity index (χ1) is 14.7. The Balaban J connectivity index is 0.00000341. The molecule has 0 unspecified atom stereocenters. The Morgan fingerprint density at radius 1 is 1.03 bits per heavy atom. The molecule has 0 spiro atoms. The summed E-state index contributed by atoms with van der Waals surface area (Å²) >= 11 is 0. The summed E-state index contributed by atoms with van der Waals surface area (Å²) in [5.74, 6) is 0.840. The number of aryl methyl sites for hydroxylation is 1. The molecule has 0 bridgehead atoms. The van der Waals surface area contributed by atoms with Gasteiger partial charge in [0.25, 0.3) is 0 Å². The first-order valence-electron chi connectivity index (χ1n) is 11.1. The lowest BCUT2D eigenvalue weighted by Gasteiger charge is -2.32. The number of aliphatic imine (C=N–C) groups is 1. The van der Waals surface area contributed by atoms with E-state index < -0.39 is 0 Å². The van der Waals surface area contributed by atoms with Crippen molar-refractivity contribution in [1.82, 2.24) is 15.5 Å². The van der Waals surface area contributed by atoms with Crippen LogP contribution in [0.3, 0.4) is 0 Å². The van der Waals surface area contributed by atoms with Crippen LogP contribution in [-0.4, -0.2) is 50.3 Å². The summed E-state index contributed by atoms with van der Waals surface area (Å²) in [5, 5.41) is 6.77. The van der Waals surface area contributed by atoms with Crippen molar-refractivity contribution < 1.29 is 4.74 Å². The average molecular weight is 537 g/mol. The molecule has 1 aliphatic heterocycles. The molecule has 5 nitrogen and oxygen atoms in total. The summed E-state index contributed by atoms with van der Waals surface area (Å²) in [6.07, 6.45) is 3.63. The SMILES string of the molecule is CN=C(NCCCOC1CCN(Cc2ccccc2)CC1)NCc1ccccc1C.I. The van der Waals surface area contributed by atoms with Gasteiger partial charge in [0.15, 0.2) is 5.96 Å². The number of guanidine groups is 1. The third-order valence-electron chi connectivity index (χ3n) is 5.68. The van der Waals surface area contributed by atoms with Crippen LogP contribution in [0.5, 0.6) is 0 Å². The Labute approximate surface area is 204 Å². The monoisotopic (exact) mass is 536 g/mol. The van der Waals surface area contributed by atoms with E-state index in [0.717, 1.165) is 64.6 Å². The number of nitrogens with zero attached hydrogens (tertiary/aromatic N) is 2. The summed E-state index contributed by atoms with van der Waals surface area (Å²) in [6.45, 7) is 7.86. The molecule has 1 aliphatic rings. The van der Waals surface area contributed by atoms with Gasteiger partial charge in [-0.15, -0.1) is 24.0 Å². The molecule has 31 heavy (non-hydrogen) atoms. The molecular weight excluding hydrogens is 499 g/mol. The molecule has 0 aliphatic carbocycles. The van der Waals surface area contributed by atoms with Gasteiger partial charge in [0, 0.05) is 46.4 Å². The van der Waals surface area contributed by atoms with Crippen molar-refractivity contribution in [3.05, 3.63) is 71.3 Å². The number of hydrogen-bond acceptors (Lipinski definition) is 3. The molecule has 170 valence electrons. The zero-order chi connectivity index (χ0) is 21.0. The van der Waals surface area contributed by atoms with Crippen molar-refractivity contribution >= 4 is 29.9 Å². The van der Waals surface area contributed by atoms with E-state index in [9.17, 15) is 0 Å². The fourth-order valence-corrected chi connectivity index (χ4v) is 3.81. The lowest BCUT2D eigenvalue weighted by Crippen LogP contribution is -2.38. The fraction of sp³-hybridized carbons (Fsp3) is 0.480. The van der Waals surface area contributed by atoms with Crippen LogP contribution < -0.4 is 10.6 Å². The van der Waals surface area contributed by atoms with Crippen molar-refractivity contribution in [2.75, 3.05) is 33.3 Å². The fourth-order valence-electron chi connectivity index (χ4n) is 3.81. The molecule has 0 saturated carbocycles.